The van der Waals surface area contributed by atoms with E-state index in [-0.39, 0.29) is 4.90 Å². The lowest BCUT2D eigenvalue weighted by Crippen LogP contribution is -2.15. The van der Waals surface area contributed by atoms with Crippen molar-refractivity contribution >= 4 is 32.8 Å². The van der Waals surface area contributed by atoms with E-state index in [1.54, 1.807) is 24.3 Å². The Bertz CT molecular complexity index is 964. The van der Waals surface area contributed by atoms with E-state index in [1.165, 1.54) is 31.4 Å². The highest BCUT2D eigenvalue weighted by molar-refractivity contribution is 7.90. The van der Waals surface area contributed by atoms with Crippen molar-refractivity contribution in [2.24, 2.45) is 0 Å². The quantitative estimate of drug-likeness (QED) is 0.785. The van der Waals surface area contributed by atoms with Gasteiger partial charge < -0.3 is 4.74 Å². The van der Waals surface area contributed by atoms with E-state index in [9.17, 15) is 13.2 Å². The molecule has 0 saturated heterocycles. The highest BCUT2D eigenvalue weighted by Crippen LogP contribution is 2.20. The molecule has 1 N–H and O–H groups in total. The van der Waals surface area contributed by atoms with Gasteiger partial charge in [-0.05, 0) is 36.4 Å². The van der Waals surface area contributed by atoms with E-state index in [0.717, 1.165) is 4.09 Å². The van der Waals surface area contributed by atoms with Gasteiger partial charge in [-0.15, -0.1) is 9.19 Å². The number of carbonyl (C=O) groups excluding carboxylic acids is 1. The summed E-state index contributed by atoms with van der Waals surface area (Å²) in [6.07, 6.45) is -0.636. The molecule has 8 nitrogen and oxygen atoms in total. The van der Waals surface area contributed by atoms with Gasteiger partial charge in [0.1, 0.15) is 11.0 Å². The molecule has 3 aromatic rings. The van der Waals surface area contributed by atoms with Crippen LogP contribution >= 0.6 is 0 Å². The van der Waals surface area contributed by atoms with Crippen LogP contribution in [0.2, 0.25) is 0 Å². The second kappa shape index (κ2) is 5.69. The first-order chi connectivity index (χ1) is 11.0. The Kier molecular flexibility index (Phi) is 3.70. The lowest BCUT2D eigenvalue weighted by molar-refractivity contribution is 0.187. The van der Waals surface area contributed by atoms with Crippen LogP contribution in [0.25, 0.3) is 11.0 Å². The zero-order valence-corrected chi connectivity index (χ0v) is 12.8. The number of fused-ring (bicyclic) bond motifs is 1. The third-order valence-corrected chi connectivity index (χ3v) is 4.73. The fourth-order valence-corrected chi connectivity index (χ4v) is 3.23. The Labute approximate surface area is 131 Å². The van der Waals surface area contributed by atoms with Gasteiger partial charge in [-0.1, -0.05) is 17.3 Å². The molecule has 0 bridgehead atoms. The van der Waals surface area contributed by atoms with Crippen LogP contribution in [-0.4, -0.2) is 36.0 Å². The maximum absolute atomic E-state index is 12.6. The van der Waals surface area contributed by atoms with Gasteiger partial charge in [0.2, 0.25) is 0 Å². The molecule has 1 amide bonds. The molecule has 0 unspecified atom stereocenters. The average Bonchev–Trinajstić information content (AvgIpc) is 3.00. The topological polar surface area (TPSA) is 103 Å². The minimum Gasteiger partial charge on any atom is -0.453 e. The van der Waals surface area contributed by atoms with Gasteiger partial charge in [-0.3, -0.25) is 5.32 Å². The van der Waals surface area contributed by atoms with Crippen molar-refractivity contribution < 1.29 is 17.9 Å². The maximum Gasteiger partial charge on any atom is 0.411 e. The Hall–Kier alpha value is -2.94. The van der Waals surface area contributed by atoms with Gasteiger partial charge >= 0.3 is 6.09 Å². The Morgan fingerprint density at radius 1 is 1.13 bits per heavy atom. The number of amides is 1. The van der Waals surface area contributed by atoms with E-state index < -0.39 is 16.1 Å². The molecule has 3 rings (SSSR count). The fraction of sp³-hybridized carbons (Fsp3) is 0.0714. The van der Waals surface area contributed by atoms with E-state index in [1.807, 2.05) is 0 Å². The zero-order chi connectivity index (χ0) is 16.4. The number of methoxy groups -OCH3 is 1. The number of carbonyl (C=O) groups is 1. The first-order valence-electron chi connectivity index (χ1n) is 6.53. The van der Waals surface area contributed by atoms with Crippen molar-refractivity contribution in [1.82, 2.24) is 14.4 Å². The molecule has 1 aromatic heterocycles. The summed E-state index contributed by atoms with van der Waals surface area (Å²) in [6.45, 7) is 0. The SMILES string of the molecule is COC(=O)Nc1ccc(S(=O)(=O)n2nnc3ccccc32)cc1. The minimum absolute atomic E-state index is 0.0311. The van der Waals surface area contributed by atoms with E-state index in [2.05, 4.69) is 20.4 Å². The van der Waals surface area contributed by atoms with Crippen molar-refractivity contribution in [1.29, 1.82) is 0 Å². The monoisotopic (exact) mass is 332 g/mol. The Morgan fingerprint density at radius 3 is 2.52 bits per heavy atom. The third-order valence-electron chi connectivity index (χ3n) is 3.13. The molecular formula is C14H12N4O4S. The smallest absolute Gasteiger partial charge is 0.411 e. The van der Waals surface area contributed by atoms with Crippen molar-refractivity contribution in [3.05, 3.63) is 48.5 Å². The van der Waals surface area contributed by atoms with Crippen molar-refractivity contribution in [2.45, 2.75) is 4.90 Å². The molecule has 0 aliphatic carbocycles. The number of nitrogens with one attached hydrogen (secondary N) is 1. The highest BCUT2D eigenvalue weighted by Gasteiger charge is 2.21. The van der Waals surface area contributed by atoms with Gasteiger partial charge in [0.05, 0.1) is 12.0 Å². The molecule has 0 aliphatic heterocycles. The first-order valence-corrected chi connectivity index (χ1v) is 7.97. The lowest BCUT2D eigenvalue weighted by atomic mass is 10.3. The fourth-order valence-electron chi connectivity index (χ4n) is 2.00. The summed E-state index contributed by atoms with van der Waals surface area (Å²) in [7, 11) is -2.63. The van der Waals surface area contributed by atoms with Gasteiger partial charge in [0.15, 0.2) is 0 Å². The standard InChI is InChI=1S/C14H12N4O4S/c1-22-14(19)15-10-6-8-11(9-7-10)23(20,21)18-13-5-3-2-4-12(13)16-17-18/h2-9H,1H3,(H,15,19). The Morgan fingerprint density at radius 2 is 1.83 bits per heavy atom. The zero-order valence-electron chi connectivity index (χ0n) is 12.0. The molecule has 2 aromatic carbocycles. The van der Waals surface area contributed by atoms with E-state index in [4.69, 9.17) is 0 Å². The van der Waals surface area contributed by atoms with E-state index >= 15 is 0 Å². The molecule has 0 fully saturated rings. The number of anilines is 1. The second-order valence-electron chi connectivity index (χ2n) is 4.57. The summed E-state index contributed by atoms with van der Waals surface area (Å²) in [6, 6.07) is 12.4. The number of ether oxygens (including phenoxy) is 1. The molecule has 0 saturated carbocycles. The van der Waals surface area contributed by atoms with Crippen LogP contribution in [0.5, 0.6) is 0 Å². The van der Waals surface area contributed by atoms with Gasteiger partial charge in [0.25, 0.3) is 10.0 Å². The number of rotatable bonds is 3. The van der Waals surface area contributed by atoms with Crippen molar-refractivity contribution in [3.8, 4) is 0 Å². The van der Waals surface area contributed by atoms with Crippen LogP contribution in [0.4, 0.5) is 10.5 Å². The Balaban J connectivity index is 1.98. The predicted molar refractivity (Wildman–Crippen MR) is 82.6 cm³/mol. The molecule has 1 heterocycles. The number of benzene rings is 2. The summed E-state index contributed by atoms with van der Waals surface area (Å²) in [5, 5.41) is 10.00. The summed E-state index contributed by atoms with van der Waals surface area (Å²) in [5.41, 5.74) is 1.29. The summed E-state index contributed by atoms with van der Waals surface area (Å²) in [4.78, 5) is 11.2. The summed E-state index contributed by atoms with van der Waals surface area (Å²) in [5.74, 6) is 0. The number of hydrogen-bond donors (Lipinski definition) is 1. The van der Waals surface area contributed by atoms with Gasteiger partial charge in [-0.25, -0.2) is 4.79 Å². The van der Waals surface area contributed by atoms with Crippen LogP contribution < -0.4 is 5.32 Å². The molecule has 118 valence electrons. The molecule has 0 atom stereocenters. The molecule has 0 spiro atoms. The number of hydrogen-bond acceptors (Lipinski definition) is 6. The highest BCUT2D eigenvalue weighted by atomic mass is 32.2. The number of aromatic nitrogens is 3. The van der Waals surface area contributed by atoms with Gasteiger partial charge in [0, 0.05) is 5.69 Å². The van der Waals surface area contributed by atoms with Crippen LogP contribution in [0.15, 0.2) is 53.4 Å². The van der Waals surface area contributed by atoms with Crippen LogP contribution in [0.3, 0.4) is 0 Å². The van der Waals surface area contributed by atoms with E-state index in [0.29, 0.717) is 16.7 Å². The van der Waals surface area contributed by atoms with Crippen LogP contribution in [0.1, 0.15) is 0 Å². The van der Waals surface area contributed by atoms with Gasteiger partial charge in [-0.2, -0.15) is 8.42 Å². The van der Waals surface area contributed by atoms with Crippen LogP contribution in [-0.2, 0) is 14.8 Å². The third kappa shape index (κ3) is 2.73. The molecular weight excluding hydrogens is 320 g/mol. The average molecular weight is 332 g/mol. The summed E-state index contributed by atoms with van der Waals surface area (Å²) >= 11 is 0. The molecule has 0 radical (unpaired) electrons. The largest absolute Gasteiger partial charge is 0.453 e. The number of para-hydroxylation sites is 1. The first kappa shape index (κ1) is 15.0. The number of nitrogens with zero attached hydrogens (tertiary/aromatic N) is 3. The predicted octanol–water partition coefficient (Wildman–Crippen LogP) is 1.85. The van der Waals surface area contributed by atoms with Crippen molar-refractivity contribution in [2.75, 3.05) is 12.4 Å². The second-order valence-corrected chi connectivity index (χ2v) is 6.33. The summed E-state index contributed by atoms with van der Waals surface area (Å²) < 4.78 is 30.6. The lowest BCUT2D eigenvalue weighted by Gasteiger charge is -2.07. The van der Waals surface area contributed by atoms with Crippen molar-refractivity contribution in [3.63, 3.8) is 0 Å². The molecule has 23 heavy (non-hydrogen) atoms. The van der Waals surface area contributed by atoms with Crippen LogP contribution in [0, 0.1) is 0 Å². The maximum atomic E-state index is 12.6. The molecule has 0 aliphatic rings. The minimum atomic E-state index is -3.87. The normalized spacial score (nSPS) is 11.3. The molecule has 9 heteroatoms.